The third kappa shape index (κ3) is 5.51. The highest BCUT2D eigenvalue weighted by atomic mass is 16.5. The molecule has 6 nitrogen and oxygen atoms in total. The summed E-state index contributed by atoms with van der Waals surface area (Å²) in [6.45, 7) is 4.70. The van der Waals surface area contributed by atoms with E-state index >= 15 is 0 Å². The molecule has 0 spiro atoms. The maximum atomic E-state index is 13.2. The van der Waals surface area contributed by atoms with E-state index in [0.29, 0.717) is 32.5 Å². The fourth-order valence-corrected chi connectivity index (χ4v) is 4.06. The molecule has 1 saturated heterocycles. The summed E-state index contributed by atoms with van der Waals surface area (Å²) in [4.78, 5) is 38.9. The molecule has 0 bridgehead atoms. The van der Waals surface area contributed by atoms with Crippen LogP contribution in [0.4, 0.5) is 0 Å². The van der Waals surface area contributed by atoms with Crippen molar-refractivity contribution in [2.45, 2.75) is 38.0 Å². The number of piperidine rings is 1. The summed E-state index contributed by atoms with van der Waals surface area (Å²) < 4.78 is 5.48. The first-order chi connectivity index (χ1) is 14.9. The zero-order valence-corrected chi connectivity index (χ0v) is 18.2. The van der Waals surface area contributed by atoms with Crippen LogP contribution in [0, 0.1) is 0 Å². The van der Waals surface area contributed by atoms with E-state index in [9.17, 15) is 14.4 Å². The van der Waals surface area contributed by atoms with Crippen LogP contribution in [0.3, 0.4) is 0 Å². The fraction of sp³-hybridized carbons (Fsp3) is 0.400. The number of ether oxygens (including phenoxy) is 1. The number of nitrogens with zero attached hydrogens (tertiary/aromatic N) is 1. The van der Waals surface area contributed by atoms with E-state index in [-0.39, 0.29) is 24.3 Å². The Morgan fingerprint density at radius 3 is 2.16 bits per heavy atom. The third-order valence-electron chi connectivity index (χ3n) is 6.09. The first-order valence-electron chi connectivity index (χ1n) is 10.7. The van der Waals surface area contributed by atoms with Crippen molar-refractivity contribution < 1.29 is 19.1 Å². The van der Waals surface area contributed by atoms with Crippen LogP contribution >= 0.6 is 0 Å². The lowest BCUT2D eigenvalue weighted by Gasteiger charge is -2.40. The number of hydrogen-bond acceptors (Lipinski definition) is 4. The van der Waals surface area contributed by atoms with Crippen LogP contribution in [0.5, 0.6) is 0 Å². The summed E-state index contributed by atoms with van der Waals surface area (Å²) in [5.74, 6) is -0.567. The minimum atomic E-state index is -0.842. The van der Waals surface area contributed by atoms with E-state index in [1.165, 1.54) is 6.92 Å². The predicted octanol–water partition coefficient (Wildman–Crippen LogP) is 3.03. The van der Waals surface area contributed by atoms with Crippen LogP contribution in [0.2, 0.25) is 0 Å². The van der Waals surface area contributed by atoms with Gasteiger partial charge in [-0.25, -0.2) is 0 Å². The summed E-state index contributed by atoms with van der Waals surface area (Å²) in [7, 11) is 0. The molecule has 6 heteroatoms. The Hall–Kier alpha value is -3.15. The molecule has 0 saturated carbocycles. The predicted molar refractivity (Wildman–Crippen MR) is 118 cm³/mol. The number of nitrogens with one attached hydrogen (secondary N) is 1. The standard InChI is InChI=1S/C25H30N2O4/c1-19(21-9-5-3-6-10-21)17-26-23(29)18-31-24(30)25(22-11-7-4-8-12-22)13-15-27(16-14-25)20(2)28/h3-12,19H,13-18H2,1-2H3,(H,26,29)/t19-/m0/s1. The number of hydrogen-bond donors (Lipinski definition) is 1. The molecule has 1 aliphatic heterocycles. The Morgan fingerprint density at radius 1 is 1.00 bits per heavy atom. The minimum absolute atomic E-state index is 0.00180. The average molecular weight is 423 g/mol. The van der Waals surface area contributed by atoms with Gasteiger partial charge in [-0.1, -0.05) is 67.6 Å². The van der Waals surface area contributed by atoms with Gasteiger partial charge in [0.1, 0.15) is 0 Å². The number of carbonyl (C=O) groups excluding carboxylic acids is 3. The molecule has 1 heterocycles. The SMILES string of the molecule is CC(=O)N1CCC(C(=O)OCC(=O)NC[C@H](C)c2ccccc2)(c2ccccc2)CC1. The molecule has 3 rings (SSSR count). The van der Waals surface area contributed by atoms with Gasteiger partial charge in [0.15, 0.2) is 6.61 Å². The van der Waals surface area contributed by atoms with Crippen LogP contribution in [-0.2, 0) is 24.5 Å². The largest absolute Gasteiger partial charge is 0.455 e. The van der Waals surface area contributed by atoms with Crippen LogP contribution < -0.4 is 5.32 Å². The summed E-state index contributed by atoms with van der Waals surface area (Å²) in [5, 5.41) is 2.84. The highest BCUT2D eigenvalue weighted by Crippen LogP contribution is 2.37. The summed E-state index contributed by atoms with van der Waals surface area (Å²) in [5.41, 5.74) is 1.16. The molecular formula is C25H30N2O4. The Labute approximate surface area is 183 Å². The second-order valence-electron chi connectivity index (χ2n) is 8.15. The minimum Gasteiger partial charge on any atom is -0.455 e. The van der Waals surface area contributed by atoms with Crippen molar-refractivity contribution >= 4 is 17.8 Å². The molecule has 0 radical (unpaired) electrons. The van der Waals surface area contributed by atoms with Gasteiger partial charge >= 0.3 is 5.97 Å². The highest BCUT2D eigenvalue weighted by molar-refractivity contribution is 5.87. The summed E-state index contributed by atoms with van der Waals surface area (Å²) >= 11 is 0. The lowest BCUT2D eigenvalue weighted by molar-refractivity contribution is -0.157. The first kappa shape index (κ1) is 22.5. The number of likely N-dealkylation sites (tertiary alicyclic amines) is 1. The quantitative estimate of drug-likeness (QED) is 0.696. The molecule has 0 unspecified atom stereocenters. The van der Waals surface area contributed by atoms with Gasteiger partial charge in [0, 0.05) is 26.6 Å². The van der Waals surface area contributed by atoms with Crippen molar-refractivity contribution in [3.8, 4) is 0 Å². The number of esters is 1. The molecule has 1 N–H and O–H groups in total. The molecule has 1 fully saturated rings. The number of carbonyl (C=O) groups is 3. The van der Waals surface area contributed by atoms with E-state index in [1.54, 1.807) is 4.90 Å². The van der Waals surface area contributed by atoms with E-state index in [2.05, 4.69) is 5.32 Å². The van der Waals surface area contributed by atoms with E-state index < -0.39 is 11.4 Å². The zero-order chi connectivity index (χ0) is 22.3. The smallest absolute Gasteiger partial charge is 0.317 e. The van der Waals surface area contributed by atoms with Gasteiger partial charge in [-0.15, -0.1) is 0 Å². The lowest BCUT2D eigenvalue weighted by Crippen LogP contribution is -2.49. The van der Waals surface area contributed by atoms with Crippen LogP contribution in [-0.4, -0.2) is 48.9 Å². The van der Waals surface area contributed by atoms with Crippen LogP contribution in [0.25, 0.3) is 0 Å². The molecule has 2 amide bonds. The zero-order valence-electron chi connectivity index (χ0n) is 18.2. The van der Waals surface area contributed by atoms with E-state index in [4.69, 9.17) is 4.74 Å². The van der Waals surface area contributed by atoms with Crippen LogP contribution in [0.1, 0.15) is 43.7 Å². The van der Waals surface area contributed by atoms with E-state index in [0.717, 1.165) is 11.1 Å². The van der Waals surface area contributed by atoms with Gasteiger partial charge in [0.2, 0.25) is 5.91 Å². The van der Waals surface area contributed by atoms with E-state index in [1.807, 2.05) is 67.6 Å². The molecule has 1 atom stereocenters. The topological polar surface area (TPSA) is 75.7 Å². The number of benzene rings is 2. The van der Waals surface area contributed by atoms with Crippen molar-refractivity contribution in [3.63, 3.8) is 0 Å². The van der Waals surface area contributed by atoms with Gasteiger partial charge in [0.05, 0.1) is 5.41 Å². The van der Waals surface area contributed by atoms with Gasteiger partial charge < -0.3 is 15.0 Å². The van der Waals surface area contributed by atoms with Gasteiger partial charge in [0.25, 0.3) is 5.91 Å². The highest BCUT2D eigenvalue weighted by Gasteiger charge is 2.44. The second-order valence-corrected chi connectivity index (χ2v) is 8.15. The summed E-state index contributed by atoms with van der Waals surface area (Å²) in [6, 6.07) is 19.4. The number of rotatable bonds is 7. The van der Waals surface area contributed by atoms with Gasteiger partial charge in [-0.05, 0) is 29.9 Å². The Kier molecular flexibility index (Phi) is 7.45. The first-order valence-corrected chi connectivity index (χ1v) is 10.7. The normalized spacial score (nSPS) is 16.3. The molecule has 31 heavy (non-hydrogen) atoms. The van der Waals surface area contributed by atoms with Gasteiger partial charge in [-0.2, -0.15) is 0 Å². The Bertz CT molecular complexity index is 890. The maximum absolute atomic E-state index is 13.2. The monoisotopic (exact) mass is 422 g/mol. The molecule has 0 aromatic heterocycles. The second kappa shape index (κ2) is 10.2. The average Bonchev–Trinajstić information content (AvgIpc) is 2.82. The third-order valence-corrected chi connectivity index (χ3v) is 6.09. The van der Waals surface area contributed by atoms with Crippen molar-refractivity contribution in [1.29, 1.82) is 0 Å². The Balaban J connectivity index is 1.59. The van der Waals surface area contributed by atoms with Crippen molar-refractivity contribution in [2.24, 2.45) is 0 Å². The van der Waals surface area contributed by atoms with Crippen molar-refractivity contribution in [1.82, 2.24) is 10.2 Å². The lowest BCUT2D eigenvalue weighted by atomic mass is 9.72. The molecular weight excluding hydrogens is 392 g/mol. The molecule has 2 aromatic carbocycles. The molecule has 2 aromatic rings. The molecule has 164 valence electrons. The van der Waals surface area contributed by atoms with Crippen molar-refractivity contribution in [3.05, 3.63) is 71.8 Å². The van der Waals surface area contributed by atoms with Crippen LogP contribution in [0.15, 0.2) is 60.7 Å². The van der Waals surface area contributed by atoms with Gasteiger partial charge in [-0.3, -0.25) is 14.4 Å². The fourth-order valence-electron chi connectivity index (χ4n) is 4.06. The number of amides is 2. The maximum Gasteiger partial charge on any atom is 0.317 e. The Morgan fingerprint density at radius 2 is 1.58 bits per heavy atom. The van der Waals surface area contributed by atoms with Crippen molar-refractivity contribution in [2.75, 3.05) is 26.2 Å². The summed E-state index contributed by atoms with van der Waals surface area (Å²) in [6.07, 6.45) is 0.949. The molecule has 0 aliphatic carbocycles. The molecule has 1 aliphatic rings.